The largest absolute Gasteiger partial charge is 0.244 e. The molecule has 0 unspecified atom stereocenters. The Morgan fingerprint density at radius 2 is 0.393 bits per heavy atom. The molecule has 0 bridgehead atoms. The minimum Gasteiger partial charge on any atom is -0.244 e. The van der Waals surface area contributed by atoms with Crippen molar-refractivity contribution in [2.45, 2.75) is 0 Å². The number of benzene rings is 7. The zero-order valence-corrected chi connectivity index (χ0v) is 30.0. The van der Waals surface area contributed by atoms with E-state index >= 15 is 0 Å². The Balaban J connectivity index is 1.05. The van der Waals surface area contributed by atoms with Gasteiger partial charge in [-0.1, -0.05) is 164 Å². The van der Waals surface area contributed by atoms with Crippen LogP contribution >= 0.6 is 0 Å². The van der Waals surface area contributed by atoms with Gasteiger partial charge in [-0.3, -0.25) is 0 Å². The van der Waals surface area contributed by atoms with E-state index in [4.69, 9.17) is 34.9 Å². The summed E-state index contributed by atoms with van der Waals surface area (Å²) in [7, 11) is 0. The van der Waals surface area contributed by atoms with Crippen LogP contribution in [0.15, 0.2) is 188 Å². The predicted molar refractivity (Wildman–Crippen MR) is 224 cm³/mol. The summed E-state index contributed by atoms with van der Waals surface area (Å²) in [6, 6.07) is 62.8. The summed E-state index contributed by atoms with van der Waals surface area (Å²) in [6.45, 7) is 0. The number of para-hydroxylation sites is 4. The first-order chi connectivity index (χ1) is 27.7. The Morgan fingerprint density at radius 1 is 0.179 bits per heavy atom. The highest BCUT2D eigenvalue weighted by Gasteiger charge is 2.17. The molecule has 56 heavy (non-hydrogen) atoms. The Kier molecular flexibility index (Phi) is 8.35. The SMILES string of the molecule is c1ccc(-c2nc(-c3ccc(-c4nc5ccccc5nc4-c4ccccc4)cc3)nc(-c3ccc(-c4nc5ccccc5nc4-c4ccccc4)cc3)n2)cc1. The van der Waals surface area contributed by atoms with Gasteiger partial charge < -0.3 is 0 Å². The van der Waals surface area contributed by atoms with Crippen molar-refractivity contribution in [1.29, 1.82) is 0 Å². The Labute approximate surface area is 323 Å². The molecule has 0 N–H and O–H groups in total. The van der Waals surface area contributed by atoms with Crippen LogP contribution < -0.4 is 0 Å². The molecule has 0 radical (unpaired) electrons. The maximum atomic E-state index is 5.09. The molecular weight excluding hydrogens is 687 g/mol. The summed E-state index contributed by atoms with van der Waals surface area (Å²) >= 11 is 0. The molecule has 7 aromatic carbocycles. The summed E-state index contributed by atoms with van der Waals surface area (Å²) in [5.41, 5.74) is 13.2. The number of rotatable bonds is 7. The van der Waals surface area contributed by atoms with Crippen LogP contribution in [0.4, 0.5) is 0 Å². The molecule has 0 fully saturated rings. The molecule has 7 nitrogen and oxygen atoms in total. The zero-order valence-electron chi connectivity index (χ0n) is 30.0. The highest BCUT2D eigenvalue weighted by Crippen LogP contribution is 2.35. The van der Waals surface area contributed by atoms with Crippen LogP contribution in [0.1, 0.15) is 0 Å². The second-order valence-electron chi connectivity index (χ2n) is 13.4. The Hall–Kier alpha value is -7.77. The van der Waals surface area contributed by atoms with Crippen molar-refractivity contribution in [2.24, 2.45) is 0 Å². The van der Waals surface area contributed by atoms with Gasteiger partial charge in [0.05, 0.1) is 44.8 Å². The van der Waals surface area contributed by atoms with E-state index in [1.54, 1.807) is 0 Å². The molecule has 7 heteroatoms. The number of hydrogen-bond acceptors (Lipinski definition) is 7. The van der Waals surface area contributed by atoms with Gasteiger partial charge in [0.1, 0.15) is 0 Å². The minimum absolute atomic E-state index is 0.573. The van der Waals surface area contributed by atoms with Gasteiger partial charge in [0.15, 0.2) is 17.5 Å². The van der Waals surface area contributed by atoms with Crippen LogP contribution in [-0.4, -0.2) is 34.9 Å². The third-order valence-electron chi connectivity index (χ3n) is 9.74. The fourth-order valence-corrected chi connectivity index (χ4v) is 6.90. The zero-order chi connectivity index (χ0) is 37.3. The van der Waals surface area contributed by atoms with E-state index in [-0.39, 0.29) is 0 Å². The van der Waals surface area contributed by atoms with E-state index in [9.17, 15) is 0 Å². The third-order valence-corrected chi connectivity index (χ3v) is 9.74. The lowest BCUT2D eigenvalue weighted by molar-refractivity contribution is 1.07. The van der Waals surface area contributed by atoms with Gasteiger partial charge in [0, 0.05) is 38.9 Å². The summed E-state index contributed by atoms with van der Waals surface area (Å²) in [6.07, 6.45) is 0. The van der Waals surface area contributed by atoms with Crippen LogP contribution in [0.25, 0.3) is 101 Å². The quantitative estimate of drug-likeness (QED) is 0.162. The second kappa shape index (κ2) is 14.2. The number of nitrogens with zero attached hydrogens (tertiary/aromatic N) is 7. The second-order valence-corrected chi connectivity index (χ2v) is 13.4. The van der Waals surface area contributed by atoms with Crippen molar-refractivity contribution in [3.63, 3.8) is 0 Å². The van der Waals surface area contributed by atoms with Crippen LogP contribution in [0, 0.1) is 0 Å². The summed E-state index contributed by atoms with van der Waals surface area (Å²) in [5, 5.41) is 0. The summed E-state index contributed by atoms with van der Waals surface area (Å²) in [4.78, 5) is 35.3. The van der Waals surface area contributed by atoms with Gasteiger partial charge in [-0.25, -0.2) is 34.9 Å². The number of hydrogen-bond donors (Lipinski definition) is 0. The van der Waals surface area contributed by atoms with E-state index in [2.05, 4.69) is 48.5 Å². The van der Waals surface area contributed by atoms with Crippen LogP contribution in [-0.2, 0) is 0 Å². The van der Waals surface area contributed by atoms with Crippen molar-refractivity contribution in [3.8, 4) is 79.2 Å². The monoisotopic (exact) mass is 717 g/mol. The van der Waals surface area contributed by atoms with Gasteiger partial charge in [-0.15, -0.1) is 0 Å². The highest BCUT2D eigenvalue weighted by molar-refractivity contribution is 5.88. The van der Waals surface area contributed by atoms with Gasteiger partial charge in [0.2, 0.25) is 0 Å². The van der Waals surface area contributed by atoms with E-state index in [1.807, 2.05) is 140 Å². The molecule has 0 aliphatic rings. The third kappa shape index (κ3) is 6.33. The molecule has 0 atom stereocenters. The van der Waals surface area contributed by atoms with Gasteiger partial charge in [0.25, 0.3) is 0 Å². The summed E-state index contributed by atoms with van der Waals surface area (Å²) in [5.74, 6) is 1.74. The standard InChI is InChI=1S/C49H31N7/c1-4-14-32(15-5-1)43-45(52-41-22-12-10-20-39(41)50-43)34-24-28-37(29-25-34)48-54-47(36-18-8-3-9-19-36)55-49(56-48)38-30-26-35(27-31-38)46-44(33-16-6-2-7-17-33)51-40-21-11-13-23-42(40)53-46/h1-31H. The van der Waals surface area contributed by atoms with Crippen molar-refractivity contribution in [3.05, 3.63) is 188 Å². The van der Waals surface area contributed by atoms with Crippen molar-refractivity contribution < 1.29 is 0 Å². The molecular formula is C49H31N7. The van der Waals surface area contributed by atoms with Crippen molar-refractivity contribution in [1.82, 2.24) is 34.9 Å². The highest BCUT2D eigenvalue weighted by atomic mass is 15.0. The molecule has 3 aromatic heterocycles. The molecule has 0 spiro atoms. The maximum absolute atomic E-state index is 5.09. The lowest BCUT2D eigenvalue weighted by Crippen LogP contribution is -2.00. The molecule has 10 rings (SSSR count). The molecule has 0 saturated carbocycles. The van der Waals surface area contributed by atoms with E-state index < -0.39 is 0 Å². The van der Waals surface area contributed by atoms with E-state index in [0.29, 0.717) is 17.5 Å². The normalized spacial score (nSPS) is 11.2. The fourth-order valence-electron chi connectivity index (χ4n) is 6.90. The topological polar surface area (TPSA) is 90.2 Å². The van der Waals surface area contributed by atoms with Crippen molar-refractivity contribution >= 4 is 22.1 Å². The average molecular weight is 718 g/mol. The lowest BCUT2D eigenvalue weighted by atomic mass is 10.0. The molecule has 0 amide bonds. The van der Waals surface area contributed by atoms with Crippen LogP contribution in [0.5, 0.6) is 0 Å². The van der Waals surface area contributed by atoms with Crippen LogP contribution in [0.3, 0.4) is 0 Å². The molecule has 0 aliphatic heterocycles. The molecule has 262 valence electrons. The number of aromatic nitrogens is 7. The first-order valence-corrected chi connectivity index (χ1v) is 18.4. The Morgan fingerprint density at radius 3 is 0.696 bits per heavy atom. The lowest BCUT2D eigenvalue weighted by Gasteiger charge is -2.12. The molecule has 0 saturated heterocycles. The van der Waals surface area contributed by atoms with Crippen molar-refractivity contribution in [2.75, 3.05) is 0 Å². The van der Waals surface area contributed by atoms with E-state index in [0.717, 1.165) is 83.8 Å². The Bertz CT molecular complexity index is 2810. The van der Waals surface area contributed by atoms with E-state index in [1.165, 1.54) is 0 Å². The number of fused-ring (bicyclic) bond motifs is 2. The first-order valence-electron chi connectivity index (χ1n) is 18.4. The fraction of sp³-hybridized carbons (Fsp3) is 0. The molecule has 10 aromatic rings. The van der Waals surface area contributed by atoms with Gasteiger partial charge >= 0.3 is 0 Å². The van der Waals surface area contributed by atoms with Gasteiger partial charge in [-0.05, 0) is 24.3 Å². The smallest absolute Gasteiger partial charge is 0.164 e. The molecule has 3 heterocycles. The minimum atomic E-state index is 0.573. The van der Waals surface area contributed by atoms with Crippen LogP contribution in [0.2, 0.25) is 0 Å². The van der Waals surface area contributed by atoms with Gasteiger partial charge in [-0.2, -0.15) is 0 Å². The average Bonchev–Trinajstić information content (AvgIpc) is 3.29. The predicted octanol–water partition coefficient (Wildman–Crippen LogP) is 11.4. The summed E-state index contributed by atoms with van der Waals surface area (Å²) < 4.78 is 0. The molecule has 0 aliphatic carbocycles. The maximum Gasteiger partial charge on any atom is 0.164 e. The first kappa shape index (κ1) is 32.8.